The van der Waals surface area contributed by atoms with Crippen LogP contribution >= 0.6 is 0 Å². The number of nitrogens with zero attached hydrogens (tertiary/aromatic N) is 1. The molecule has 0 spiro atoms. The molecule has 1 aliphatic rings. The molecular formula is C15H19NO3S. The summed E-state index contributed by atoms with van der Waals surface area (Å²) in [5, 5.41) is 8.75. The van der Waals surface area contributed by atoms with E-state index in [1.807, 2.05) is 25.1 Å². The third kappa shape index (κ3) is 3.33. The van der Waals surface area contributed by atoms with E-state index in [9.17, 15) is 8.42 Å². The van der Waals surface area contributed by atoms with Crippen LogP contribution in [0.2, 0.25) is 0 Å². The summed E-state index contributed by atoms with van der Waals surface area (Å²) in [7, 11) is -3.19. The number of hydrogen-bond acceptors (Lipinski definition) is 3. The highest BCUT2D eigenvalue weighted by atomic mass is 32.2. The Hall–Kier alpha value is -1.51. The number of benzene rings is 1. The Balaban J connectivity index is 2.34. The molecule has 1 aromatic rings. The second-order valence-corrected chi connectivity index (χ2v) is 6.88. The quantitative estimate of drug-likeness (QED) is 0.844. The standard InChI is InChI=1S/C15H19NO3S/c1-13-7-8-15(12-14(13)6-2-4-10-17)16-9-3-5-11-20(16,18)19/h7-8,12,17H,3-5,9-11H2,1H3. The molecule has 1 aromatic carbocycles. The number of aliphatic hydroxyl groups is 1. The van der Waals surface area contributed by atoms with Crippen molar-refractivity contribution in [3.8, 4) is 11.8 Å². The van der Waals surface area contributed by atoms with E-state index in [0.29, 0.717) is 18.7 Å². The lowest BCUT2D eigenvalue weighted by atomic mass is 10.1. The van der Waals surface area contributed by atoms with Gasteiger partial charge in [0.2, 0.25) is 10.0 Å². The zero-order chi connectivity index (χ0) is 14.6. The maximum atomic E-state index is 12.1. The molecule has 1 saturated heterocycles. The summed E-state index contributed by atoms with van der Waals surface area (Å²) in [4.78, 5) is 0. The fraction of sp³-hybridized carbons (Fsp3) is 0.467. The summed E-state index contributed by atoms with van der Waals surface area (Å²) in [6.45, 7) is 2.51. The number of hydrogen-bond donors (Lipinski definition) is 1. The van der Waals surface area contributed by atoms with Crippen LogP contribution in [0, 0.1) is 18.8 Å². The van der Waals surface area contributed by atoms with Gasteiger partial charge in [-0.25, -0.2) is 8.42 Å². The topological polar surface area (TPSA) is 57.6 Å². The molecule has 0 atom stereocenters. The number of anilines is 1. The number of rotatable bonds is 2. The third-order valence-electron chi connectivity index (χ3n) is 3.32. The third-order valence-corrected chi connectivity index (χ3v) is 5.19. The number of sulfonamides is 1. The van der Waals surface area contributed by atoms with Gasteiger partial charge in [0.15, 0.2) is 0 Å². The molecule has 0 amide bonds. The van der Waals surface area contributed by atoms with E-state index < -0.39 is 10.0 Å². The van der Waals surface area contributed by atoms with Crippen LogP contribution in [0.5, 0.6) is 0 Å². The van der Waals surface area contributed by atoms with Crippen molar-refractivity contribution in [1.82, 2.24) is 0 Å². The fourth-order valence-corrected chi connectivity index (χ4v) is 3.82. The Morgan fingerprint density at radius 2 is 2.15 bits per heavy atom. The zero-order valence-electron chi connectivity index (χ0n) is 11.6. The van der Waals surface area contributed by atoms with Crippen LogP contribution in [0.1, 0.15) is 30.4 Å². The van der Waals surface area contributed by atoms with E-state index in [1.165, 1.54) is 4.31 Å². The van der Waals surface area contributed by atoms with E-state index in [0.717, 1.165) is 24.0 Å². The van der Waals surface area contributed by atoms with E-state index >= 15 is 0 Å². The van der Waals surface area contributed by atoms with Gasteiger partial charge in [-0.2, -0.15) is 0 Å². The van der Waals surface area contributed by atoms with Crippen LogP contribution in [-0.2, 0) is 10.0 Å². The van der Waals surface area contributed by atoms with Crippen molar-refractivity contribution in [3.63, 3.8) is 0 Å². The van der Waals surface area contributed by atoms with Crippen LogP contribution in [0.15, 0.2) is 18.2 Å². The summed E-state index contributed by atoms with van der Waals surface area (Å²) in [5.41, 5.74) is 2.51. The highest BCUT2D eigenvalue weighted by molar-refractivity contribution is 7.92. The Morgan fingerprint density at radius 3 is 2.85 bits per heavy atom. The van der Waals surface area contributed by atoms with E-state index in [1.54, 1.807) is 0 Å². The second-order valence-electron chi connectivity index (χ2n) is 4.87. The molecule has 0 unspecified atom stereocenters. The van der Waals surface area contributed by atoms with Gasteiger partial charge in [0, 0.05) is 18.5 Å². The summed E-state index contributed by atoms with van der Waals surface area (Å²) in [6, 6.07) is 5.54. The minimum Gasteiger partial charge on any atom is -0.395 e. The molecule has 0 bridgehead atoms. The SMILES string of the molecule is Cc1ccc(N2CCCCS2(=O)=O)cc1C#CCCO. The Labute approximate surface area is 120 Å². The van der Waals surface area contributed by atoms with Crippen LogP contribution in [-0.4, -0.2) is 32.4 Å². The first kappa shape index (κ1) is 14.9. The molecule has 0 radical (unpaired) electrons. The van der Waals surface area contributed by atoms with Gasteiger partial charge >= 0.3 is 0 Å². The van der Waals surface area contributed by atoms with Crippen molar-refractivity contribution in [1.29, 1.82) is 0 Å². The molecule has 1 fully saturated rings. The molecule has 0 saturated carbocycles. The molecule has 1 aliphatic heterocycles. The minimum atomic E-state index is -3.19. The summed E-state index contributed by atoms with van der Waals surface area (Å²) in [5.74, 6) is 6.08. The molecule has 5 heteroatoms. The highest BCUT2D eigenvalue weighted by Gasteiger charge is 2.26. The van der Waals surface area contributed by atoms with Crippen molar-refractivity contribution in [3.05, 3.63) is 29.3 Å². The summed E-state index contributed by atoms with van der Waals surface area (Å²) < 4.78 is 25.7. The zero-order valence-corrected chi connectivity index (χ0v) is 12.4. The molecule has 0 aromatic heterocycles. The van der Waals surface area contributed by atoms with Gasteiger partial charge in [0.25, 0.3) is 0 Å². The molecule has 2 rings (SSSR count). The van der Waals surface area contributed by atoms with Crippen LogP contribution in [0.3, 0.4) is 0 Å². The van der Waals surface area contributed by atoms with E-state index in [-0.39, 0.29) is 12.4 Å². The van der Waals surface area contributed by atoms with Crippen LogP contribution in [0.25, 0.3) is 0 Å². The van der Waals surface area contributed by atoms with Gasteiger partial charge < -0.3 is 5.11 Å². The smallest absolute Gasteiger partial charge is 0.235 e. The molecular weight excluding hydrogens is 274 g/mol. The van der Waals surface area contributed by atoms with Crippen molar-refractivity contribution in [2.45, 2.75) is 26.2 Å². The lowest BCUT2D eigenvalue weighted by molar-refractivity contribution is 0.305. The van der Waals surface area contributed by atoms with E-state index in [2.05, 4.69) is 11.8 Å². The summed E-state index contributed by atoms with van der Waals surface area (Å²) in [6.07, 6.45) is 2.04. The molecule has 0 aliphatic carbocycles. The van der Waals surface area contributed by atoms with Crippen molar-refractivity contribution >= 4 is 15.7 Å². The summed E-state index contributed by atoms with van der Waals surface area (Å²) >= 11 is 0. The first-order valence-electron chi connectivity index (χ1n) is 6.75. The normalized spacial score (nSPS) is 17.4. The molecule has 4 nitrogen and oxygen atoms in total. The largest absolute Gasteiger partial charge is 0.395 e. The molecule has 20 heavy (non-hydrogen) atoms. The highest BCUT2D eigenvalue weighted by Crippen LogP contribution is 2.25. The Bertz CT molecular complexity index is 641. The first-order chi connectivity index (χ1) is 9.54. The van der Waals surface area contributed by atoms with Crippen LogP contribution in [0.4, 0.5) is 5.69 Å². The van der Waals surface area contributed by atoms with E-state index in [4.69, 9.17) is 5.11 Å². The Kier molecular flexibility index (Phi) is 4.69. The molecule has 108 valence electrons. The predicted octanol–water partition coefficient (Wildman–Crippen LogP) is 1.66. The molecule has 1 N–H and O–H groups in total. The maximum Gasteiger partial charge on any atom is 0.235 e. The lowest BCUT2D eigenvalue weighted by Crippen LogP contribution is -2.37. The number of aryl methyl sites for hydroxylation is 1. The van der Waals surface area contributed by atoms with Crippen LogP contribution < -0.4 is 4.31 Å². The average molecular weight is 293 g/mol. The van der Waals surface area contributed by atoms with Gasteiger partial charge in [0.1, 0.15) is 0 Å². The van der Waals surface area contributed by atoms with Gasteiger partial charge in [0.05, 0.1) is 18.0 Å². The average Bonchev–Trinajstić information content (AvgIpc) is 2.41. The fourth-order valence-electron chi connectivity index (χ4n) is 2.19. The predicted molar refractivity (Wildman–Crippen MR) is 80.1 cm³/mol. The lowest BCUT2D eigenvalue weighted by Gasteiger charge is -2.28. The minimum absolute atomic E-state index is 0.0340. The monoisotopic (exact) mass is 293 g/mol. The van der Waals surface area contributed by atoms with Gasteiger partial charge in [-0.1, -0.05) is 17.9 Å². The van der Waals surface area contributed by atoms with Crippen molar-refractivity contribution in [2.24, 2.45) is 0 Å². The van der Waals surface area contributed by atoms with Gasteiger partial charge in [-0.3, -0.25) is 4.31 Å². The molecule has 1 heterocycles. The van der Waals surface area contributed by atoms with Crippen molar-refractivity contribution in [2.75, 3.05) is 23.2 Å². The second kappa shape index (κ2) is 6.29. The number of aliphatic hydroxyl groups excluding tert-OH is 1. The first-order valence-corrected chi connectivity index (χ1v) is 8.36. The van der Waals surface area contributed by atoms with Crippen molar-refractivity contribution < 1.29 is 13.5 Å². The van der Waals surface area contributed by atoms with Gasteiger partial charge in [-0.05, 0) is 37.5 Å². The maximum absolute atomic E-state index is 12.1. The Morgan fingerprint density at radius 1 is 1.35 bits per heavy atom. The van der Waals surface area contributed by atoms with Gasteiger partial charge in [-0.15, -0.1) is 0 Å².